The van der Waals surface area contributed by atoms with Crippen LogP contribution in [0.2, 0.25) is 0 Å². The van der Waals surface area contributed by atoms with Gasteiger partial charge in [0, 0.05) is 18.5 Å². The van der Waals surface area contributed by atoms with Gasteiger partial charge >= 0.3 is 0 Å². The van der Waals surface area contributed by atoms with Gasteiger partial charge in [-0.1, -0.05) is 20.3 Å². The van der Waals surface area contributed by atoms with Gasteiger partial charge in [0.25, 0.3) is 0 Å². The highest BCUT2D eigenvalue weighted by Crippen LogP contribution is 2.29. The Morgan fingerprint density at radius 3 is 2.27 bits per heavy atom. The van der Waals surface area contributed by atoms with Crippen LogP contribution in [-0.4, -0.2) is 31.3 Å². The highest BCUT2D eigenvalue weighted by Gasteiger charge is 2.28. The highest BCUT2D eigenvalue weighted by molar-refractivity contribution is 5.59. The molecule has 1 aliphatic rings. The van der Waals surface area contributed by atoms with Crippen LogP contribution in [0.4, 0.5) is 0 Å². The van der Waals surface area contributed by atoms with Crippen molar-refractivity contribution in [2.24, 2.45) is 11.3 Å². The fourth-order valence-corrected chi connectivity index (χ4v) is 2.40. The molecule has 1 rings (SSSR count). The van der Waals surface area contributed by atoms with Crippen LogP contribution < -0.4 is 0 Å². The van der Waals surface area contributed by atoms with Gasteiger partial charge in [-0.05, 0) is 38.6 Å². The first-order valence-corrected chi connectivity index (χ1v) is 6.30. The van der Waals surface area contributed by atoms with E-state index in [2.05, 4.69) is 25.8 Å². The first-order valence-electron chi connectivity index (χ1n) is 6.30. The normalized spacial score (nSPS) is 17.9. The first kappa shape index (κ1) is 12.7. The number of carbonyl (C=O) groups excluding carboxylic acids is 1. The van der Waals surface area contributed by atoms with E-state index in [1.54, 1.807) is 0 Å². The third-order valence-corrected chi connectivity index (χ3v) is 4.04. The van der Waals surface area contributed by atoms with Crippen LogP contribution in [0.25, 0.3) is 0 Å². The minimum Gasteiger partial charge on any atom is -0.305 e. The van der Waals surface area contributed by atoms with E-state index in [1.807, 2.05) is 0 Å². The highest BCUT2D eigenvalue weighted by atomic mass is 16.1. The lowest BCUT2D eigenvalue weighted by molar-refractivity contribution is -0.117. The molecule has 88 valence electrons. The Morgan fingerprint density at radius 2 is 1.93 bits per heavy atom. The monoisotopic (exact) mass is 211 g/mol. The summed E-state index contributed by atoms with van der Waals surface area (Å²) in [7, 11) is 2.15. The largest absolute Gasteiger partial charge is 0.305 e. The molecule has 0 aliphatic heterocycles. The number of carbonyl (C=O) groups is 1. The molecule has 2 heteroatoms. The maximum absolute atomic E-state index is 11.2. The molecule has 1 fully saturated rings. The van der Waals surface area contributed by atoms with Crippen molar-refractivity contribution < 1.29 is 4.79 Å². The van der Waals surface area contributed by atoms with E-state index in [-0.39, 0.29) is 5.41 Å². The minimum absolute atomic E-state index is 0.0987. The molecule has 0 saturated heterocycles. The van der Waals surface area contributed by atoms with Crippen LogP contribution in [0, 0.1) is 11.3 Å². The Bertz CT molecular complexity index is 195. The zero-order valence-corrected chi connectivity index (χ0v) is 10.5. The Kier molecular flexibility index (Phi) is 4.78. The quantitative estimate of drug-likeness (QED) is 0.603. The van der Waals surface area contributed by atoms with Crippen LogP contribution in [0.5, 0.6) is 0 Å². The summed E-state index contributed by atoms with van der Waals surface area (Å²) in [5.74, 6) is 0.896. The summed E-state index contributed by atoms with van der Waals surface area (Å²) in [5, 5.41) is 0. The second kappa shape index (κ2) is 5.64. The predicted octanol–water partition coefficient (Wildman–Crippen LogP) is 2.72. The van der Waals surface area contributed by atoms with Crippen LogP contribution in [0.15, 0.2) is 0 Å². The molecular weight excluding hydrogens is 186 g/mol. The predicted molar refractivity (Wildman–Crippen MR) is 63.9 cm³/mol. The molecule has 0 atom stereocenters. The molecule has 1 saturated carbocycles. The summed E-state index contributed by atoms with van der Waals surface area (Å²) in [5.41, 5.74) is -0.0987. The summed E-state index contributed by atoms with van der Waals surface area (Å²) >= 11 is 0. The van der Waals surface area contributed by atoms with Gasteiger partial charge in [0.05, 0.1) is 0 Å². The number of hydrogen-bond acceptors (Lipinski definition) is 2. The zero-order valence-electron chi connectivity index (χ0n) is 10.5. The third-order valence-electron chi connectivity index (χ3n) is 4.04. The third kappa shape index (κ3) is 3.30. The number of rotatable bonds is 7. The van der Waals surface area contributed by atoms with Gasteiger partial charge < -0.3 is 9.69 Å². The topological polar surface area (TPSA) is 20.3 Å². The molecule has 0 unspecified atom stereocenters. The molecule has 0 radical (unpaired) electrons. The van der Waals surface area contributed by atoms with Crippen molar-refractivity contribution in [2.45, 2.75) is 46.0 Å². The van der Waals surface area contributed by atoms with E-state index in [0.29, 0.717) is 0 Å². The van der Waals surface area contributed by atoms with E-state index in [9.17, 15) is 4.79 Å². The van der Waals surface area contributed by atoms with Gasteiger partial charge in [-0.2, -0.15) is 0 Å². The Balaban J connectivity index is 2.38. The average molecular weight is 211 g/mol. The SMILES string of the molecule is CCC(C=O)(CC)CN(C)CC1CCC1. The van der Waals surface area contributed by atoms with Gasteiger partial charge in [0.15, 0.2) is 0 Å². The molecule has 2 nitrogen and oxygen atoms in total. The first-order chi connectivity index (χ1) is 7.15. The minimum atomic E-state index is -0.0987. The Hall–Kier alpha value is -0.370. The molecule has 0 aromatic heterocycles. The van der Waals surface area contributed by atoms with E-state index in [0.717, 1.165) is 25.3 Å². The molecule has 0 spiro atoms. The van der Waals surface area contributed by atoms with Crippen LogP contribution in [0.3, 0.4) is 0 Å². The lowest BCUT2D eigenvalue weighted by Gasteiger charge is -2.35. The maximum Gasteiger partial charge on any atom is 0.127 e. The van der Waals surface area contributed by atoms with Crippen molar-refractivity contribution in [1.29, 1.82) is 0 Å². The molecule has 0 bridgehead atoms. The Morgan fingerprint density at radius 1 is 1.33 bits per heavy atom. The van der Waals surface area contributed by atoms with Gasteiger partial charge in [0.1, 0.15) is 6.29 Å². The van der Waals surface area contributed by atoms with Crippen LogP contribution in [0.1, 0.15) is 46.0 Å². The van der Waals surface area contributed by atoms with Crippen LogP contribution >= 0.6 is 0 Å². The van der Waals surface area contributed by atoms with Crippen molar-refractivity contribution in [3.63, 3.8) is 0 Å². The molecule has 0 amide bonds. The van der Waals surface area contributed by atoms with Crippen LogP contribution in [-0.2, 0) is 4.79 Å². The standard InChI is InChI=1S/C13H25NO/c1-4-13(5-2,11-15)10-14(3)9-12-7-6-8-12/h11-12H,4-10H2,1-3H3. The van der Waals surface area contributed by atoms with E-state index in [4.69, 9.17) is 0 Å². The van der Waals surface area contributed by atoms with Crippen molar-refractivity contribution >= 4 is 6.29 Å². The molecule has 0 aromatic rings. The lowest BCUT2D eigenvalue weighted by atomic mass is 9.82. The van der Waals surface area contributed by atoms with E-state index < -0.39 is 0 Å². The van der Waals surface area contributed by atoms with Gasteiger partial charge in [-0.15, -0.1) is 0 Å². The van der Waals surface area contributed by atoms with E-state index in [1.165, 1.54) is 32.1 Å². The van der Waals surface area contributed by atoms with Gasteiger partial charge in [-0.3, -0.25) is 0 Å². The number of nitrogens with zero attached hydrogens (tertiary/aromatic N) is 1. The second-order valence-electron chi connectivity index (χ2n) is 5.18. The fraction of sp³-hybridized carbons (Fsp3) is 0.923. The number of aldehydes is 1. The zero-order chi connectivity index (χ0) is 11.3. The summed E-state index contributed by atoms with van der Waals surface area (Å²) in [4.78, 5) is 13.5. The molecule has 0 N–H and O–H groups in total. The van der Waals surface area contributed by atoms with Gasteiger partial charge in [-0.25, -0.2) is 0 Å². The van der Waals surface area contributed by atoms with E-state index >= 15 is 0 Å². The average Bonchev–Trinajstić information content (AvgIpc) is 2.20. The number of hydrogen-bond donors (Lipinski definition) is 0. The molecule has 0 aromatic carbocycles. The maximum atomic E-state index is 11.2. The van der Waals surface area contributed by atoms with Crippen molar-refractivity contribution in [3.8, 4) is 0 Å². The van der Waals surface area contributed by atoms with Gasteiger partial charge in [0.2, 0.25) is 0 Å². The molecule has 1 aliphatic carbocycles. The lowest BCUT2D eigenvalue weighted by Crippen LogP contribution is -2.39. The van der Waals surface area contributed by atoms with Crippen molar-refractivity contribution in [1.82, 2.24) is 4.90 Å². The summed E-state index contributed by atoms with van der Waals surface area (Å²) < 4.78 is 0. The molecule has 0 heterocycles. The second-order valence-corrected chi connectivity index (χ2v) is 5.18. The molecular formula is C13H25NO. The summed E-state index contributed by atoms with van der Waals surface area (Å²) in [6, 6.07) is 0. The van der Waals surface area contributed by atoms with Crippen molar-refractivity contribution in [2.75, 3.05) is 20.1 Å². The Labute approximate surface area is 94.0 Å². The summed E-state index contributed by atoms with van der Waals surface area (Å²) in [6.07, 6.45) is 7.26. The van der Waals surface area contributed by atoms with Crippen molar-refractivity contribution in [3.05, 3.63) is 0 Å². The summed E-state index contributed by atoms with van der Waals surface area (Å²) in [6.45, 7) is 6.35. The molecule has 15 heavy (non-hydrogen) atoms. The fourth-order valence-electron chi connectivity index (χ4n) is 2.40. The smallest absolute Gasteiger partial charge is 0.127 e.